The minimum absolute atomic E-state index is 0.0980. The van der Waals surface area contributed by atoms with Crippen molar-refractivity contribution in [3.05, 3.63) is 111 Å². The summed E-state index contributed by atoms with van der Waals surface area (Å²) in [6, 6.07) is 20.6. The fraction of sp³-hybridized carbons (Fsp3) is 0.0769. The number of allylic oxidation sites excluding steroid dienone is 2. The number of phenols is 1. The van der Waals surface area contributed by atoms with Crippen LogP contribution in [0.25, 0.3) is 11.6 Å². The van der Waals surface area contributed by atoms with E-state index in [0.29, 0.717) is 22.5 Å². The average molecular weight is 439 g/mol. The summed E-state index contributed by atoms with van der Waals surface area (Å²) in [5, 5.41) is 27.2. The molecule has 164 valence electrons. The van der Waals surface area contributed by atoms with Crippen LogP contribution in [0.5, 0.6) is 5.75 Å². The lowest BCUT2D eigenvalue weighted by atomic mass is 9.95. The van der Waals surface area contributed by atoms with E-state index in [2.05, 4.69) is 5.10 Å². The molecule has 1 N–H and O–H groups in total. The van der Waals surface area contributed by atoms with Gasteiger partial charge in [-0.3, -0.25) is 14.9 Å². The molecular formula is C26H21N3O4. The summed E-state index contributed by atoms with van der Waals surface area (Å²) >= 11 is 0. The molecule has 4 rings (SSSR count). The predicted molar refractivity (Wildman–Crippen MR) is 129 cm³/mol. The Hall–Kier alpha value is -4.52. The number of aromatic hydroxyl groups is 1. The first-order valence-corrected chi connectivity index (χ1v) is 10.3. The number of amides is 1. The summed E-state index contributed by atoms with van der Waals surface area (Å²) < 4.78 is 0. The van der Waals surface area contributed by atoms with Crippen LogP contribution in [0.15, 0.2) is 89.5 Å². The third-order valence-corrected chi connectivity index (χ3v) is 5.30. The lowest BCUT2D eigenvalue weighted by Gasteiger charge is -2.13. The van der Waals surface area contributed by atoms with E-state index in [1.807, 2.05) is 49.4 Å². The van der Waals surface area contributed by atoms with Crippen LogP contribution >= 0.6 is 0 Å². The number of carbonyl (C=O) groups excluding carboxylic acids is 1. The van der Waals surface area contributed by atoms with Gasteiger partial charge in [-0.2, -0.15) is 10.1 Å². The molecule has 0 radical (unpaired) electrons. The van der Waals surface area contributed by atoms with Crippen LogP contribution in [0.4, 0.5) is 11.4 Å². The monoisotopic (exact) mass is 439 g/mol. The number of anilines is 1. The smallest absolute Gasteiger partial charge is 0.281 e. The third-order valence-electron chi connectivity index (χ3n) is 5.30. The molecule has 1 aliphatic rings. The van der Waals surface area contributed by atoms with Crippen molar-refractivity contribution in [2.24, 2.45) is 5.10 Å². The minimum atomic E-state index is -0.523. The van der Waals surface area contributed by atoms with E-state index in [1.54, 1.807) is 31.2 Å². The van der Waals surface area contributed by atoms with E-state index < -0.39 is 4.92 Å². The third kappa shape index (κ3) is 4.43. The van der Waals surface area contributed by atoms with Gasteiger partial charge in [-0.25, -0.2) is 0 Å². The maximum Gasteiger partial charge on any atom is 0.281 e. The zero-order chi connectivity index (χ0) is 23.5. The van der Waals surface area contributed by atoms with Crippen molar-refractivity contribution in [3.8, 4) is 5.75 Å². The normalized spacial score (nSPS) is 15.2. The maximum atomic E-state index is 13.4. The predicted octanol–water partition coefficient (Wildman–Crippen LogP) is 5.50. The molecule has 3 aromatic rings. The molecule has 1 heterocycles. The Morgan fingerprint density at radius 1 is 1.03 bits per heavy atom. The zero-order valence-electron chi connectivity index (χ0n) is 18.1. The molecule has 0 atom stereocenters. The number of nitro groups is 1. The Balaban J connectivity index is 1.84. The molecule has 0 unspecified atom stereocenters. The number of carbonyl (C=O) groups is 1. The van der Waals surface area contributed by atoms with E-state index >= 15 is 0 Å². The van der Waals surface area contributed by atoms with Crippen LogP contribution in [0, 0.1) is 17.0 Å². The second-order valence-electron chi connectivity index (χ2n) is 7.63. The van der Waals surface area contributed by atoms with Gasteiger partial charge in [0.1, 0.15) is 5.75 Å². The fourth-order valence-corrected chi connectivity index (χ4v) is 3.58. The summed E-state index contributed by atoms with van der Waals surface area (Å²) in [4.78, 5) is 24.0. The van der Waals surface area contributed by atoms with E-state index in [-0.39, 0.29) is 22.9 Å². The first-order valence-electron chi connectivity index (χ1n) is 10.3. The molecule has 0 bridgehead atoms. The van der Waals surface area contributed by atoms with Crippen molar-refractivity contribution in [3.63, 3.8) is 0 Å². The number of benzene rings is 3. The quantitative estimate of drug-likeness (QED) is 0.323. The number of nitro benzene ring substituents is 1. The van der Waals surface area contributed by atoms with Gasteiger partial charge >= 0.3 is 0 Å². The van der Waals surface area contributed by atoms with Gasteiger partial charge in [0.2, 0.25) is 0 Å². The summed E-state index contributed by atoms with van der Waals surface area (Å²) in [7, 11) is 0. The van der Waals surface area contributed by atoms with Gasteiger partial charge in [-0.15, -0.1) is 0 Å². The second-order valence-corrected chi connectivity index (χ2v) is 7.63. The van der Waals surface area contributed by atoms with Crippen molar-refractivity contribution < 1.29 is 14.8 Å². The Morgan fingerprint density at radius 3 is 2.39 bits per heavy atom. The number of phenolic OH excluding ortho intramolecular Hbond substituents is 1. The Bertz CT molecular complexity index is 1320. The number of hydrogen-bond acceptors (Lipinski definition) is 5. The fourth-order valence-electron chi connectivity index (χ4n) is 3.58. The first kappa shape index (κ1) is 21.7. The highest BCUT2D eigenvalue weighted by Gasteiger charge is 2.31. The number of hydrogen-bond donors (Lipinski definition) is 1. The first-order chi connectivity index (χ1) is 15.8. The van der Waals surface area contributed by atoms with Gasteiger partial charge in [0.05, 0.1) is 21.9 Å². The van der Waals surface area contributed by atoms with Gasteiger partial charge in [0.25, 0.3) is 11.6 Å². The Kier molecular flexibility index (Phi) is 5.87. The summed E-state index contributed by atoms with van der Waals surface area (Å²) in [5.41, 5.74) is 4.21. The van der Waals surface area contributed by atoms with Crippen molar-refractivity contribution in [2.75, 3.05) is 5.01 Å². The molecule has 3 aromatic carbocycles. The lowest BCUT2D eigenvalue weighted by molar-refractivity contribution is -0.384. The second kappa shape index (κ2) is 8.92. The SMILES string of the molecule is CC1=NN(c2ccccc2)C(=O)/C1=C(\C=C/c1cc([N+](=O)[O-])ccc1O)c1ccc(C)cc1. The number of non-ortho nitro benzene ring substituents is 1. The van der Waals surface area contributed by atoms with Crippen LogP contribution in [0.3, 0.4) is 0 Å². The molecule has 7 nitrogen and oxygen atoms in total. The Labute approximate surface area is 190 Å². The van der Waals surface area contributed by atoms with Gasteiger partial charge < -0.3 is 5.11 Å². The van der Waals surface area contributed by atoms with Gasteiger partial charge in [-0.05, 0) is 43.2 Å². The summed E-state index contributed by atoms with van der Waals surface area (Å²) in [5.74, 6) is -0.374. The summed E-state index contributed by atoms with van der Waals surface area (Å²) in [6.07, 6.45) is 3.25. The van der Waals surface area contributed by atoms with Crippen molar-refractivity contribution in [2.45, 2.75) is 13.8 Å². The topological polar surface area (TPSA) is 96.0 Å². The van der Waals surface area contributed by atoms with Crippen molar-refractivity contribution in [1.82, 2.24) is 0 Å². The highest BCUT2D eigenvalue weighted by Crippen LogP contribution is 2.32. The van der Waals surface area contributed by atoms with Crippen LogP contribution in [0.1, 0.15) is 23.6 Å². The van der Waals surface area contributed by atoms with Crippen molar-refractivity contribution >= 4 is 34.6 Å². The van der Waals surface area contributed by atoms with E-state index in [1.165, 1.54) is 23.2 Å². The van der Waals surface area contributed by atoms with E-state index in [9.17, 15) is 20.0 Å². The lowest BCUT2D eigenvalue weighted by Crippen LogP contribution is -2.21. The van der Waals surface area contributed by atoms with Crippen molar-refractivity contribution in [1.29, 1.82) is 0 Å². The van der Waals surface area contributed by atoms with Crippen LogP contribution in [-0.4, -0.2) is 21.6 Å². The van der Waals surface area contributed by atoms with Crippen LogP contribution in [-0.2, 0) is 4.79 Å². The number of hydrazone groups is 1. The minimum Gasteiger partial charge on any atom is -0.507 e. The Morgan fingerprint density at radius 2 is 1.73 bits per heavy atom. The molecule has 33 heavy (non-hydrogen) atoms. The molecule has 7 heteroatoms. The standard InChI is InChI=1S/C26H21N3O4/c1-17-8-10-19(11-9-17)23(14-12-20-16-22(29(32)33)13-15-24(20)30)25-18(2)27-28(26(25)31)21-6-4-3-5-7-21/h3-16,30H,1-2H3/b14-12-,25-23+. The average Bonchev–Trinajstić information content (AvgIpc) is 3.10. The number of para-hydroxylation sites is 1. The number of rotatable bonds is 5. The van der Waals surface area contributed by atoms with E-state index in [0.717, 1.165) is 11.1 Å². The van der Waals surface area contributed by atoms with Crippen LogP contribution < -0.4 is 5.01 Å². The zero-order valence-corrected chi connectivity index (χ0v) is 18.1. The number of nitrogens with zero attached hydrogens (tertiary/aromatic N) is 3. The van der Waals surface area contributed by atoms with Gasteiger partial charge in [0.15, 0.2) is 0 Å². The molecule has 1 amide bonds. The largest absolute Gasteiger partial charge is 0.507 e. The summed E-state index contributed by atoms with van der Waals surface area (Å²) in [6.45, 7) is 3.74. The molecule has 0 aliphatic carbocycles. The molecule has 0 aromatic heterocycles. The van der Waals surface area contributed by atoms with E-state index in [4.69, 9.17) is 0 Å². The highest BCUT2D eigenvalue weighted by atomic mass is 16.6. The molecule has 1 aliphatic heterocycles. The molecule has 0 saturated heterocycles. The molecule has 0 saturated carbocycles. The molecule has 0 spiro atoms. The van der Waals surface area contributed by atoms with Gasteiger partial charge in [-0.1, -0.05) is 60.2 Å². The van der Waals surface area contributed by atoms with Crippen LogP contribution in [0.2, 0.25) is 0 Å². The number of aryl methyl sites for hydroxylation is 1. The maximum absolute atomic E-state index is 13.4. The molecular weight excluding hydrogens is 418 g/mol. The van der Waals surface area contributed by atoms with Gasteiger partial charge in [0, 0.05) is 17.7 Å². The highest BCUT2D eigenvalue weighted by molar-refractivity contribution is 6.34. The molecule has 0 fully saturated rings.